The third kappa shape index (κ3) is 7.57. The molecule has 0 aromatic rings. The lowest BCUT2D eigenvalue weighted by Gasteiger charge is -2.19. The molecule has 0 aliphatic heterocycles. The standard InChI is InChI=1S/C9H16O5/c1-5-7(13-8(10)11)6-12-14-9(2,3)4/h5,7H,1,6H2,2-4H3,(H,10,11). The summed E-state index contributed by atoms with van der Waals surface area (Å²) in [4.78, 5) is 19.9. The fourth-order valence-electron chi connectivity index (χ4n) is 0.558. The van der Waals surface area contributed by atoms with E-state index in [-0.39, 0.29) is 6.61 Å². The van der Waals surface area contributed by atoms with E-state index in [0.717, 1.165) is 0 Å². The molecule has 0 heterocycles. The maximum absolute atomic E-state index is 10.2. The quantitative estimate of drug-likeness (QED) is 0.321. The van der Waals surface area contributed by atoms with Crippen molar-refractivity contribution in [2.24, 2.45) is 0 Å². The highest BCUT2D eigenvalue weighted by Crippen LogP contribution is 2.08. The van der Waals surface area contributed by atoms with Gasteiger partial charge in [-0.1, -0.05) is 6.58 Å². The van der Waals surface area contributed by atoms with Crippen LogP contribution in [-0.2, 0) is 14.5 Å². The molecule has 1 N–H and O–H groups in total. The lowest BCUT2D eigenvalue weighted by atomic mass is 10.2. The van der Waals surface area contributed by atoms with Crippen molar-refractivity contribution < 1.29 is 24.4 Å². The Balaban J connectivity index is 3.74. The molecular formula is C9H16O5. The summed E-state index contributed by atoms with van der Waals surface area (Å²) in [6.07, 6.45) is -0.746. The van der Waals surface area contributed by atoms with Crippen molar-refractivity contribution in [1.29, 1.82) is 0 Å². The van der Waals surface area contributed by atoms with Gasteiger partial charge in [-0.3, -0.25) is 0 Å². The van der Waals surface area contributed by atoms with Crippen molar-refractivity contribution >= 4 is 6.16 Å². The molecule has 0 aliphatic carbocycles. The van der Waals surface area contributed by atoms with Crippen molar-refractivity contribution in [1.82, 2.24) is 0 Å². The molecule has 82 valence electrons. The number of hydrogen-bond acceptors (Lipinski definition) is 4. The van der Waals surface area contributed by atoms with E-state index in [2.05, 4.69) is 11.3 Å². The molecule has 1 atom stereocenters. The first kappa shape index (κ1) is 12.9. The predicted octanol–water partition coefficient (Wildman–Crippen LogP) is 1.98. The minimum atomic E-state index is -1.37. The number of carboxylic acid groups (broad SMARTS) is 1. The van der Waals surface area contributed by atoms with Crippen molar-refractivity contribution in [3.05, 3.63) is 12.7 Å². The summed E-state index contributed by atoms with van der Waals surface area (Å²) in [7, 11) is 0. The largest absolute Gasteiger partial charge is 0.506 e. The smallest absolute Gasteiger partial charge is 0.450 e. The van der Waals surface area contributed by atoms with Gasteiger partial charge >= 0.3 is 6.16 Å². The fraction of sp³-hybridized carbons (Fsp3) is 0.667. The van der Waals surface area contributed by atoms with Gasteiger partial charge in [-0.15, -0.1) is 0 Å². The first-order chi connectivity index (χ1) is 6.35. The molecule has 0 radical (unpaired) electrons. The summed E-state index contributed by atoms with van der Waals surface area (Å²) < 4.78 is 4.41. The molecule has 5 heteroatoms. The maximum atomic E-state index is 10.2. The van der Waals surface area contributed by atoms with Crippen LogP contribution < -0.4 is 0 Å². The lowest BCUT2D eigenvalue weighted by molar-refractivity contribution is -0.354. The van der Waals surface area contributed by atoms with Gasteiger partial charge in [-0.25, -0.2) is 14.6 Å². The van der Waals surface area contributed by atoms with E-state index < -0.39 is 17.9 Å². The molecule has 0 aliphatic rings. The Morgan fingerprint density at radius 1 is 1.57 bits per heavy atom. The van der Waals surface area contributed by atoms with Crippen molar-refractivity contribution in [3.8, 4) is 0 Å². The average molecular weight is 204 g/mol. The lowest BCUT2D eigenvalue weighted by Crippen LogP contribution is -2.25. The van der Waals surface area contributed by atoms with E-state index in [0.29, 0.717) is 0 Å². The second-order valence-electron chi connectivity index (χ2n) is 3.64. The zero-order chi connectivity index (χ0) is 11.2. The molecule has 14 heavy (non-hydrogen) atoms. The van der Waals surface area contributed by atoms with E-state index in [9.17, 15) is 4.79 Å². The van der Waals surface area contributed by atoms with E-state index in [1.807, 2.05) is 20.8 Å². The van der Waals surface area contributed by atoms with E-state index >= 15 is 0 Å². The van der Waals surface area contributed by atoms with Crippen molar-refractivity contribution in [3.63, 3.8) is 0 Å². The predicted molar refractivity (Wildman–Crippen MR) is 49.9 cm³/mol. The number of hydrogen-bond donors (Lipinski definition) is 1. The fourth-order valence-corrected chi connectivity index (χ4v) is 0.558. The third-order valence-corrected chi connectivity index (χ3v) is 1.06. The van der Waals surface area contributed by atoms with Crippen LogP contribution in [-0.4, -0.2) is 29.6 Å². The molecule has 0 bridgehead atoms. The van der Waals surface area contributed by atoms with Gasteiger partial charge in [0, 0.05) is 0 Å². The summed E-state index contributed by atoms with van der Waals surface area (Å²) in [5.74, 6) is 0. The van der Waals surface area contributed by atoms with Crippen LogP contribution in [0.4, 0.5) is 4.79 Å². The van der Waals surface area contributed by atoms with Gasteiger partial charge in [-0.2, -0.15) is 0 Å². The van der Waals surface area contributed by atoms with Crippen LogP contribution in [0.5, 0.6) is 0 Å². The van der Waals surface area contributed by atoms with Gasteiger partial charge in [0.1, 0.15) is 12.7 Å². The van der Waals surface area contributed by atoms with Gasteiger partial charge < -0.3 is 9.84 Å². The molecule has 0 saturated heterocycles. The van der Waals surface area contributed by atoms with Gasteiger partial charge in [0.05, 0.1) is 5.60 Å². The maximum Gasteiger partial charge on any atom is 0.506 e. The van der Waals surface area contributed by atoms with E-state index in [1.165, 1.54) is 6.08 Å². The Kier molecular flexibility index (Phi) is 5.19. The SMILES string of the molecule is C=CC(COOC(C)(C)C)OC(=O)O. The minimum Gasteiger partial charge on any atom is -0.450 e. The highest BCUT2D eigenvalue weighted by molar-refractivity contribution is 5.57. The Bertz CT molecular complexity index is 194. The van der Waals surface area contributed by atoms with Crippen LogP contribution in [0.3, 0.4) is 0 Å². The van der Waals surface area contributed by atoms with Crippen molar-refractivity contribution in [2.45, 2.75) is 32.5 Å². The zero-order valence-electron chi connectivity index (χ0n) is 8.65. The zero-order valence-corrected chi connectivity index (χ0v) is 8.65. The van der Waals surface area contributed by atoms with E-state index in [1.54, 1.807) is 0 Å². The Labute approximate surface area is 83.2 Å². The monoisotopic (exact) mass is 204 g/mol. The normalized spacial score (nSPS) is 13.4. The molecule has 0 rings (SSSR count). The van der Waals surface area contributed by atoms with Crippen LogP contribution in [0.2, 0.25) is 0 Å². The van der Waals surface area contributed by atoms with Gasteiger partial charge in [-0.05, 0) is 26.8 Å². The summed E-state index contributed by atoms with van der Waals surface area (Å²) >= 11 is 0. The third-order valence-electron chi connectivity index (χ3n) is 1.06. The molecule has 0 amide bonds. The summed E-state index contributed by atoms with van der Waals surface area (Å²) in [6, 6.07) is 0. The first-order valence-corrected chi connectivity index (χ1v) is 4.18. The highest BCUT2D eigenvalue weighted by Gasteiger charge is 2.15. The van der Waals surface area contributed by atoms with Crippen LogP contribution in [0.15, 0.2) is 12.7 Å². The van der Waals surface area contributed by atoms with Crippen LogP contribution in [0.1, 0.15) is 20.8 Å². The number of carbonyl (C=O) groups is 1. The van der Waals surface area contributed by atoms with E-state index in [4.69, 9.17) is 14.9 Å². The Morgan fingerprint density at radius 2 is 2.14 bits per heavy atom. The molecule has 0 saturated carbocycles. The summed E-state index contributed by atoms with van der Waals surface area (Å²) in [5, 5.41) is 8.31. The molecule has 0 aromatic carbocycles. The van der Waals surface area contributed by atoms with Gasteiger partial charge in [0.15, 0.2) is 0 Å². The number of rotatable bonds is 5. The Morgan fingerprint density at radius 3 is 2.50 bits per heavy atom. The van der Waals surface area contributed by atoms with Crippen LogP contribution >= 0.6 is 0 Å². The Hall–Kier alpha value is -1.07. The minimum absolute atomic E-state index is 0.00687. The van der Waals surface area contributed by atoms with Crippen LogP contribution in [0.25, 0.3) is 0 Å². The summed E-state index contributed by atoms with van der Waals surface area (Å²) in [5.41, 5.74) is -0.436. The molecule has 5 nitrogen and oxygen atoms in total. The topological polar surface area (TPSA) is 65.0 Å². The number of ether oxygens (including phenoxy) is 1. The second kappa shape index (κ2) is 5.62. The van der Waals surface area contributed by atoms with Crippen molar-refractivity contribution in [2.75, 3.05) is 6.61 Å². The molecule has 1 unspecified atom stereocenters. The molecular weight excluding hydrogens is 188 g/mol. The first-order valence-electron chi connectivity index (χ1n) is 4.18. The molecule has 0 fully saturated rings. The highest BCUT2D eigenvalue weighted by atomic mass is 17.2. The van der Waals surface area contributed by atoms with Crippen LogP contribution in [0, 0.1) is 0 Å². The molecule has 0 aromatic heterocycles. The van der Waals surface area contributed by atoms with Gasteiger partial charge in [0.2, 0.25) is 0 Å². The summed E-state index contributed by atoms with van der Waals surface area (Å²) in [6.45, 7) is 8.84. The average Bonchev–Trinajstić information content (AvgIpc) is 1.99. The van der Waals surface area contributed by atoms with Gasteiger partial charge in [0.25, 0.3) is 0 Å². The second-order valence-corrected chi connectivity index (χ2v) is 3.64. The molecule has 0 spiro atoms.